The van der Waals surface area contributed by atoms with Crippen LogP contribution in [0.1, 0.15) is 73.7 Å². The van der Waals surface area contributed by atoms with Gasteiger partial charge >= 0.3 is 0 Å². The van der Waals surface area contributed by atoms with E-state index in [0.29, 0.717) is 40.9 Å². The second-order valence-corrected chi connectivity index (χ2v) is 10.1. The average Bonchev–Trinajstić information content (AvgIpc) is 3.11. The van der Waals surface area contributed by atoms with Crippen molar-refractivity contribution in [1.82, 2.24) is 10.2 Å². The van der Waals surface area contributed by atoms with E-state index in [2.05, 4.69) is 5.32 Å². The lowest BCUT2D eigenvalue weighted by Crippen LogP contribution is -2.58. The molecule has 4 atom stereocenters. The molecule has 9 heteroatoms. The molecule has 0 bridgehead atoms. The minimum Gasteiger partial charge on any atom is -0.493 e. The lowest BCUT2D eigenvalue weighted by Gasteiger charge is -2.43. The molecule has 0 spiro atoms. The molecular weight excluding hydrogens is 488 g/mol. The predicted octanol–water partition coefficient (Wildman–Crippen LogP) is 2.65. The van der Waals surface area contributed by atoms with Crippen molar-refractivity contribution in [3.05, 3.63) is 47.1 Å². The largest absolute Gasteiger partial charge is 0.493 e. The number of hydrogen-bond donors (Lipinski definition) is 3. The Morgan fingerprint density at radius 3 is 2.58 bits per heavy atom. The lowest BCUT2D eigenvalue weighted by molar-refractivity contribution is -0.135. The first-order valence-corrected chi connectivity index (χ1v) is 13.6. The van der Waals surface area contributed by atoms with Crippen molar-refractivity contribution < 1.29 is 34.1 Å². The van der Waals surface area contributed by atoms with Crippen LogP contribution in [0.2, 0.25) is 0 Å². The minimum atomic E-state index is -1.13. The van der Waals surface area contributed by atoms with E-state index < -0.39 is 30.1 Å². The Hall–Kier alpha value is -3.17. The third-order valence-electron chi connectivity index (χ3n) is 7.70. The Labute approximate surface area is 223 Å². The molecule has 1 aromatic rings. The number of aliphatic hydroxyl groups is 2. The van der Waals surface area contributed by atoms with Gasteiger partial charge in [0.05, 0.1) is 25.7 Å². The number of hydrogen-bond acceptors (Lipinski definition) is 7. The van der Waals surface area contributed by atoms with Gasteiger partial charge in [0.25, 0.3) is 0 Å². The van der Waals surface area contributed by atoms with Crippen molar-refractivity contribution in [2.24, 2.45) is 0 Å². The SMILES string of the molecule is CCC=CC(=O)N(C1CCCCCC1)[C@@H]1C=C(C(=O)NCCO)[C@@H]2c3cc(C=O)cc(OC)c3O[C@@H]2[C@H]1O. The maximum atomic E-state index is 13.6. The number of carbonyl (C=O) groups is 3. The Morgan fingerprint density at radius 2 is 1.95 bits per heavy atom. The monoisotopic (exact) mass is 526 g/mol. The van der Waals surface area contributed by atoms with Crippen LogP contribution in [0.4, 0.5) is 0 Å². The number of carbonyl (C=O) groups excluding carboxylic acids is 3. The number of ether oxygens (including phenoxy) is 2. The van der Waals surface area contributed by atoms with E-state index in [4.69, 9.17) is 9.47 Å². The minimum absolute atomic E-state index is 0.0523. The van der Waals surface area contributed by atoms with Crippen LogP contribution in [0.15, 0.2) is 35.9 Å². The first kappa shape index (κ1) is 27.9. The molecule has 1 saturated carbocycles. The second-order valence-electron chi connectivity index (χ2n) is 10.1. The Bertz CT molecular complexity index is 1090. The lowest BCUT2D eigenvalue weighted by atomic mass is 9.76. The zero-order chi connectivity index (χ0) is 27.2. The van der Waals surface area contributed by atoms with Crippen LogP contribution in [0.3, 0.4) is 0 Å². The predicted molar refractivity (Wildman–Crippen MR) is 141 cm³/mol. The molecule has 0 saturated heterocycles. The zero-order valence-electron chi connectivity index (χ0n) is 22.1. The number of amides is 2. The fourth-order valence-corrected chi connectivity index (χ4v) is 5.94. The first-order chi connectivity index (χ1) is 18.4. The third kappa shape index (κ3) is 5.49. The fourth-order valence-electron chi connectivity index (χ4n) is 5.94. The normalized spacial score (nSPS) is 25.0. The van der Waals surface area contributed by atoms with Gasteiger partial charge in [-0.2, -0.15) is 0 Å². The van der Waals surface area contributed by atoms with Crippen LogP contribution in [0.5, 0.6) is 11.5 Å². The number of methoxy groups -OCH3 is 1. The molecule has 38 heavy (non-hydrogen) atoms. The van der Waals surface area contributed by atoms with E-state index >= 15 is 0 Å². The number of aliphatic hydroxyl groups excluding tert-OH is 2. The van der Waals surface area contributed by atoms with Crippen molar-refractivity contribution in [3.63, 3.8) is 0 Å². The summed E-state index contributed by atoms with van der Waals surface area (Å²) >= 11 is 0. The Kier molecular flexibility index (Phi) is 9.22. The molecule has 1 fully saturated rings. The van der Waals surface area contributed by atoms with Crippen LogP contribution in [0.25, 0.3) is 0 Å². The molecule has 206 valence electrons. The van der Waals surface area contributed by atoms with Gasteiger partial charge in [0.15, 0.2) is 11.5 Å². The second kappa shape index (κ2) is 12.6. The first-order valence-electron chi connectivity index (χ1n) is 13.6. The molecule has 1 aromatic carbocycles. The molecular formula is C29H38N2O7. The van der Waals surface area contributed by atoms with E-state index in [0.717, 1.165) is 38.5 Å². The molecule has 1 aliphatic heterocycles. The highest BCUT2D eigenvalue weighted by Crippen LogP contribution is 2.51. The molecule has 3 aliphatic rings. The van der Waals surface area contributed by atoms with Gasteiger partial charge in [-0.05, 0) is 43.5 Å². The summed E-state index contributed by atoms with van der Waals surface area (Å²) in [5.74, 6) is -0.604. The zero-order valence-corrected chi connectivity index (χ0v) is 22.1. The summed E-state index contributed by atoms with van der Waals surface area (Å²) in [5.41, 5.74) is 1.25. The van der Waals surface area contributed by atoms with Crippen LogP contribution < -0.4 is 14.8 Å². The van der Waals surface area contributed by atoms with Crippen LogP contribution in [0, 0.1) is 0 Å². The number of rotatable bonds is 9. The molecule has 0 aromatic heterocycles. The summed E-state index contributed by atoms with van der Waals surface area (Å²) < 4.78 is 11.7. The molecule has 1 heterocycles. The molecule has 0 unspecified atom stereocenters. The highest BCUT2D eigenvalue weighted by Gasteiger charge is 2.52. The molecule has 3 N–H and O–H groups in total. The van der Waals surface area contributed by atoms with Crippen molar-refractivity contribution in [1.29, 1.82) is 0 Å². The van der Waals surface area contributed by atoms with E-state index in [1.165, 1.54) is 7.11 Å². The van der Waals surface area contributed by atoms with E-state index in [-0.39, 0.29) is 25.1 Å². The summed E-state index contributed by atoms with van der Waals surface area (Å²) in [6.07, 6.45) is 10.2. The van der Waals surface area contributed by atoms with Gasteiger partial charge in [-0.15, -0.1) is 0 Å². The summed E-state index contributed by atoms with van der Waals surface area (Å²) in [5, 5.41) is 23.8. The van der Waals surface area contributed by atoms with Crippen LogP contribution in [-0.2, 0) is 9.59 Å². The highest BCUT2D eigenvalue weighted by atomic mass is 16.5. The number of allylic oxidation sites excluding steroid dienone is 1. The molecule has 2 aliphatic carbocycles. The highest BCUT2D eigenvalue weighted by molar-refractivity contribution is 5.97. The molecule has 4 rings (SSSR count). The van der Waals surface area contributed by atoms with E-state index in [9.17, 15) is 24.6 Å². The number of aldehydes is 1. The van der Waals surface area contributed by atoms with Gasteiger partial charge in [0, 0.05) is 29.3 Å². The number of nitrogens with one attached hydrogen (secondary N) is 1. The van der Waals surface area contributed by atoms with Crippen molar-refractivity contribution >= 4 is 18.1 Å². The number of fused-ring (bicyclic) bond motifs is 3. The van der Waals surface area contributed by atoms with Crippen molar-refractivity contribution in [2.75, 3.05) is 20.3 Å². The van der Waals surface area contributed by atoms with Gasteiger partial charge in [-0.1, -0.05) is 38.7 Å². The number of benzene rings is 1. The number of nitrogens with zero attached hydrogens (tertiary/aromatic N) is 1. The van der Waals surface area contributed by atoms with Crippen LogP contribution in [-0.4, -0.2) is 77.8 Å². The molecule has 0 radical (unpaired) electrons. The van der Waals surface area contributed by atoms with Gasteiger partial charge < -0.3 is 29.9 Å². The molecule has 9 nitrogen and oxygen atoms in total. The molecule has 2 amide bonds. The van der Waals surface area contributed by atoms with Gasteiger partial charge in [-0.25, -0.2) is 0 Å². The topological polar surface area (TPSA) is 125 Å². The van der Waals surface area contributed by atoms with Gasteiger partial charge in [0.2, 0.25) is 11.8 Å². The summed E-state index contributed by atoms with van der Waals surface area (Å²) in [4.78, 5) is 40.4. The van der Waals surface area contributed by atoms with E-state index in [1.54, 1.807) is 35.3 Å². The maximum absolute atomic E-state index is 13.6. The van der Waals surface area contributed by atoms with Crippen LogP contribution >= 0.6 is 0 Å². The Balaban J connectivity index is 1.83. The van der Waals surface area contributed by atoms with Gasteiger partial charge in [-0.3, -0.25) is 14.4 Å². The maximum Gasteiger partial charge on any atom is 0.247 e. The summed E-state index contributed by atoms with van der Waals surface area (Å²) in [7, 11) is 1.46. The quantitative estimate of drug-likeness (QED) is 0.257. The van der Waals surface area contributed by atoms with E-state index in [1.807, 2.05) is 6.92 Å². The third-order valence-corrected chi connectivity index (χ3v) is 7.70. The van der Waals surface area contributed by atoms with Crippen molar-refractivity contribution in [3.8, 4) is 11.5 Å². The van der Waals surface area contributed by atoms with Gasteiger partial charge in [0.1, 0.15) is 18.5 Å². The Morgan fingerprint density at radius 1 is 1.21 bits per heavy atom. The average molecular weight is 527 g/mol. The summed E-state index contributed by atoms with van der Waals surface area (Å²) in [6.45, 7) is 1.77. The fraction of sp³-hybridized carbons (Fsp3) is 0.552. The summed E-state index contributed by atoms with van der Waals surface area (Å²) in [6, 6.07) is 2.32. The van der Waals surface area contributed by atoms with Crippen molar-refractivity contribution in [2.45, 2.75) is 82.1 Å². The standard InChI is InChI=1S/C29H38N2O7/c1-3-4-11-24(34)31(19-9-7-5-6-8-10-19)22-16-21(29(36)30-12-13-32)25-20-14-18(17-33)15-23(37-2)27(20)38-28(25)26(22)35/h4,11,14-17,19,22,25-26,28,32,35H,3,5-10,12-13H2,1-2H3,(H,30,36)/t22-,25+,26+,28+/m1/s1. The smallest absolute Gasteiger partial charge is 0.247 e.